The molecule has 2 heteroatoms. The van der Waals surface area contributed by atoms with Crippen molar-refractivity contribution in [2.24, 2.45) is 0 Å². The Hall–Kier alpha value is -1.05. The third-order valence-corrected chi connectivity index (χ3v) is 2.00. The van der Waals surface area contributed by atoms with Crippen molar-refractivity contribution in [3.63, 3.8) is 0 Å². The molecule has 0 N–H and O–H groups in total. The highest BCUT2D eigenvalue weighted by atomic mass is 19.1. The second kappa shape index (κ2) is 3.57. The van der Waals surface area contributed by atoms with E-state index in [2.05, 4.69) is 0 Å². The van der Waals surface area contributed by atoms with Gasteiger partial charge in [-0.15, -0.1) is 0 Å². The fraction of sp³-hybridized carbons (Fsp3) is 0.400. The first-order valence-electron chi connectivity index (χ1n) is 3.89. The van der Waals surface area contributed by atoms with Gasteiger partial charge in [0.15, 0.2) is 0 Å². The van der Waals surface area contributed by atoms with Gasteiger partial charge in [-0.25, -0.2) is 4.39 Å². The number of hydrogen-bond acceptors (Lipinski definition) is 1. The Balaban J connectivity index is 3.18. The SMILES string of the molecule is COc1cc(CF)c(C)cc1C. The summed E-state index contributed by atoms with van der Waals surface area (Å²) in [5, 5.41) is 0. The Bertz CT molecular complexity index is 256. The normalized spacial score (nSPS) is 10.0. The van der Waals surface area contributed by atoms with Crippen LogP contribution in [0.3, 0.4) is 0 Å². The lowest BCUT2D eigenvalue weighted by molar-refractivity contribution is 0.408. The van der Waals surface area contributed by atoms with Crippen LogP contribution in [0.4, 0.5) is 4.39 Å². The summed E-state index contributed by atoms with van der Waals surface area (Å²) in [5.74, 6) is 0.758. The van der Waals surface area contributed by atoms with E-state index in [9.17, 15) is 4.39 Å². The summed E-state index contributed by atoms with van der Waals surface area (Å²) in [6.07, 6.45) is 0. The zero-order valence-electron chi connectivity index (χ0n) is 7.65. The molecule has 0 amide bonds. The first-order chi connectivity index (χ1) is 5.69. The summed E-state index contributed by atoms with van der Waals surface area (Å²) in [6, 6.07) is 3.69. The van der Waals surface area contributed by atoms with Crippen molar-refractivity contribution in [2.45, 2.75) is 20.5 Å². The molecule has 0 spiro atoms. The zero-order chi connectivity index (χ0) is 9.14. The molecule has 0 saturated heterocycles. The summed E-state index contributed by atoms with van der Waals surface area (Å²) < 4.78 is 17.5. The third kappa shape index (κ3) is 1.58. The third-order valence-electron chi connectivity index (χ3n) is 2.00. The number of halogens is 1. The minimum absolute atomic E-state index is 0.428. The molecule has 1 aromatic rings. The van der Waals surface area contributed by atoms with E-state index in [-0.39, 0.29) is 0 Å². The van der Waals surface area contributed by atoms with Gasteiger partial charge < -0.3 is 4.74 Å². The van der Waals surface area contributed by atoms with E-state index in [1.54, 1.807) is 13.2 Å². The molecule has 0 aromatic heterocycles. The maximum absolute atomic E-state index is 12.4. The lowest BCUT2D eigenvalue weighted by Gasteiger charge is -2.08. The maximum Gasteiger partial charge on any atom is 0.122 e. The molecule has 0 heterocycles. The van der Waals surface area contributed by atoms with E-state index in [4.69, 9.17) is 4.74 Å². The van der Waals surface area contributed by atoms with Gasteiger partial charge in [0.2, 0.25) is 0 Å². The molecule has 1 aromatic carbocycles. The number of aryl methyl sites for hydroxylation is 2. The van der Waals surface area contributed by atoms with E-state index in [1.807, 2.05) is 19.9 Å². The zero-order valence-corrected chi connectivity index (χ0v) is 7.65. The van der Waals surface area contributed by atoms with Crippen molar-refractivity contribution in [2.75, 3.05) is 7.11 Å². The molecule has 0 aliphatic carbocycles. The lowest BCUT2D eigenvalue weighted by Crippen LogP contribution is -1.92. The lowest BCUT2D eigenvalue weighted by atomic mass is 10.1. The fourth-order valence-electron chi connectivity index (χ4n) is 1.24. The van der Waals surface area contributed by atoms with Crippen molar-refractivity contribution in [3.05, 3.63) is 28.8 Å². The van der Waals surface area contributed by atoms with Gasteiger partial charge >= 0.3 is 0 Å². The van der Waals surface area contributed by atoms with Crippen LogP contribution >= 0.6 is 0 Å². The van der Waals surface area contributed by atoms with Gasteiger partial charge in [-0.2, -0.15) is 0 Å². The molecule has 12 heavy (non-hydrogen) atoms. The van der Waals surface area contributed by atoms with E-state index < -0.39 is 6.67 Å². The molecule has 0 aliphatic rings. The maximum atomic E-state index is 12.4. The minimum atomic E-state index is -0.428. The van der Waals surface area contributed by atoms with E-state index in [0.29, 0.717) is 5.56 Å². The van der Waals surface area contributed by atoms with Gasteiger partial charge in [-0.1, -0.05) is 6.07 Å². The Morgan fingerprint density at radius 3 is 2.42 bits per heavy atom. The fourth-order valence-corrected chi connectivity index (χ4v) is 1.24. The monoisotopic (exact) mass is 168 g/mol. The Morgan fingerprint density at radius 1 is 1.25 bits per heavy atom. The van der Waals surface area contributed by atoms with Crippen LogP contribution < -0.4 is 4.74 Å². The molecule has 0 atom stereocenters. The van der Waals surface area contributed by atoms with Crippen molar-refractivity contribution in [1.29, 1.82) is 0 Å². The molecule has 0 saturated carbocycles. The van der Waals surface area contributed by atoms with Crippen molar-refractivity contribution in [1.82, 2.24) is 0 Å². The first-order valence-corrected chi connectivity index (χ1v) is 3.89. The van der Waals surface area contributed by atoms with Gasteiger partial charge in [-0.05, 0) is 36.6 Å². The van der Waals surface area contributed by atoms with Crippen LogP contribution in [-0.2, 0) is 6.67 Å². The van der Waals surface area contributed by atoms with Crippen LogP contribution in [0.5, 0.6) is 5.75 Å². The summed E-state index contributed by atoms with van der Waals surface area (Å²) in [4.78, 5) is 0. The Morgan fingerprint density at radius 2 is 1.92 bits per heavy atom. The average molecular weight is 168 g/mol. The van der Waals surface area contributed by atoms with Crippen LogP contribution in [0.2, 0.25) is 0 Å². The summed E-state index contributed by atoms with van der Waals surface area (Å²) in [7, 11) is 1.60. The van der Waals surface area contributed by atoms with E-state index in [1.165, 1.54) is 0 Å². The number of methoxy groups -OCH3 is 1. The second-order valence-corrected chi connectivity index (χ2v) is 2.88. The van der Waals surface area contributed by atoms with E-state index >= 15 is 0 Å². The molecule has 0 bridgehead atoms. The summed E-state index contributed by atoms with van der Waals surface area (Å²) >= 11 is 0. The number of alkyl halides is 1. The number of benzene rings is 1. The smallest absolute Gasteiger partial charge is 0.122 e. The number of rotatable bonds is 2. The highest BCUT2D eigenvalue weighted by molar-refractivity contribution is 5.41. The molecular formula is C10H13FO. The van der Waals surface area contributed by atoms with Crippen LogP contribution in [0, 0.1) is 13.8 Å². The minimum Gasteiger partial charge on any atom is -0.496 e. The second-order valence-electron chi connectivity index (χ2n) is 2.88. The van der Waals surface area contributed by atoms with E-state index in [0.717, 1.165) is 16.9 Å². The quantitative estimate of drug-likeness (QED) is 0.659. The van der Waals surface area contributed by atoms with Crippen LogP contribution in [-0.4, -0.2) is 7.11 Å². The number of ether oxygens (including phenoxy) is 1. The predicted octanol–water partition coefficient (Wildman–Crippen LogP) is 2.78. The molecule has 0 fully saturated rings. The van der Waals surface area contributed by atoms with Crippen molar-refractivity contribution in [3.8, 4) is 5.75 Å². The Labute approximate surface area is 72.2 Å². The number of hydrogen-bond donors (Lipinski definition) is 0. The van der Waals surface area contributed by atoms with Crippen molar-refractivity contribution >= 4 is 0 Å². The standard InChI is InChI=1S/C10H13FO/c1-7-4-8(2)10(12-3)5-9(7)6-11/h4-5H,6H2,1-3H3. The van der Waals surface area contributed by atoms with Gasteiger partial charge in [0.1, 0.15) is 12.4 Å². The van der Waals surface area contributed by atoms with Gasteiger partial charge in [-0.3, -0.25) is 0 Å². The van der Waals surface area contributed by atoms with Gasteiger partial charge in [0.25, 0.3) is 0 Å². The largest absolute Gasteiger partial charge is 0.496 e. The molecule has 1 rings (SSSR count). The highest BCUT2D eigenvalue weighted by Crippen LogP contribution is 2.22. The Kier molecular flexibility index (Phi) is 2.69. The molecule has 1 nitrogen and oxygen atoms in total. The van der Waals surface area contributed by atoms with Crippen LogP contribution in [0.15, 0.2) is 12.1 Å². The first kappa shape index (κ1) is 9.04. The molecule has 0 unspecified atom stereocenters. The molecule has 66 valence electrons. The predicted molar refractivity (Wildman–Crippen MR) is 47.3 cm³/mol. The van der Waals surface area contributed by atoms with Crippen molar-refractivity contribution < 1.29 is 9.13 Å². The molecule has 0 radical (unpaired) electrons. The molecule has 0 aliphatic heterocycles. The molecular weight excluding hydrogens is 155 g/mol. The van der Waals surface area contributed by atoms with Crippen LogP contribution in [0.1, 0.15) is 16.7 Å². The summed E-state index contributed by atoms with van der Waals surface area (Å²) in [6.45, 7) is 3.43. The van der Waals surface area contributed by atoms with Gasteiger partial charge in [0, 0.05) is 0 Å². The average Bonchev–Trinajstić information content (AvgIpc) is 2.05. The van der Waals surface area contributed by atoms with Crippen LogP contribution in [0.25, 0.3) is 0 Å². The van der Waals surface area contributed by atoms with Gasteiger partial charge in [0.05, 0.1) is 7.11 Å². The summed E-state index contributed by atoms with van der Waals surface area (Å²) in [5.41, 5.74) is 2.74. The highest BCUT2D eigenvalue weighted by Gasteiger charge is 2.03. The topological polar surface area (TPSA) is 9.23 Å².